The molecule has 9 heteroatoms. The van der Waals surface area contributed by atoms with Gasteiger partial charge in [-0.1, -0.05) is 26.1 Å². The molecule has 0 saturated heterocycles. The molecule has 0 unspecified atom stereocenters. The summed E-state index contributed by atoms with van der Waals surface area (Å²) in [7, 11) is -1.51. The van der Waals surface area contributed by atoms with Gasteiger partial charge in [-0.3, -0.25) is 9.78 Å². The van der Waals surface area contributed by atoms with E-state index in [1.165, 1.54) is 18.6 Å². The Morgan fingerprint density at radius 2 is 2.14 bits per heavy atom. The van der Waals surface area contributed by atoms with Gasteiger partial charge in [0.1, 0.15) is 5.69 Å². The summed E-state index contributed by atoms with van der Waals surface area (Å²) in [5.41, 5.74) is 0.196. The van der Waals surface area contributed by atoms with Crippen LogP contribution >= 0.6 is 12.2 Å². The minimum absolute atomic E-state index is 0.0893. The molecule has 21 heavy (non-hydrogen) atoms. The van der Waals surface area contributed by atoms with Crippen molar-refractivity contribution in [3.8, 4) is 0 Å². The molecule has 1 aromatic rings. The molecular formula is C12H19BN4O3S. The predicted octanol–water partition coefficient (Wildman–Crippen LogP) is -0.450. The van der Waals surface area contributed by atoms with Gasteiger partial charge in [0.2, 0.25) is 0 Å². The van der Waals surface area contributed by atoms with Crippen molar-refractivity contribution in [2.24, 2.45) is 5.92 Å². The van der Waals surface area contributed by atoms with Gasteiger partial charge in [0.15, 0.2) is 0 Å². The highest BCUT2D eigenvalue weighted by Gasteiger charge is 2.24. The molecule has 1 aromatic heterocycles. The zero-order valence-electron chi connectivity index (χ0n) is 12.0. The lowest BCUT2D eigenvalue weighted by molar-refractivity contribution is 0.0954. The minimum Gasteiger partial charge on any atom is -0.426 e. The summed E-state index contributed by atoms with van der Waals surface area (Å²) in [4.78, 5) is 19.7. The second-order valence-electron chi connectivity index (χ2n) is 4.99. The van der Waals surface area contributed by atoms with Crippen LogP contribution in [0.4, 0.5) is 0 Å². The molecule has 1 atom stereocenters. The Balaban J connectivity index is 2.44. The molecule has 1 rings (SSSR count). The summed E-state index contributed by atoms with van der Waals surface area (Å²) in [6.45, 7) is 4.03. The van der Waals surface area contributed by atoms with Crippen molar-refractivity contribution in [1.29, 1.82) is 0 Å². The third-order valence-electron chi connectivity index (χ3n) is 2.64. The van der Waals surface area contributed by atoms with E-state index in [2.05, 4.69) is 20.6 Å². The van der Waals surface area contributed by atoms with Gasteiger partial charge in [-0.25, -0.2) is 4.98 Å². The molecular weight excluding hydrogens is 291 g/mol. The lowest BCUT2D eigenvalue weighted by Gasteiger charge is -2.21. The predicted molar refractivity (Wildman–Crippen MR) is 83.5 cm³/mol. The Morgan fingerprint density at radius 3 is 2.67 bits per heavy atom. The van der Waals surface area contributed by atoms with Crippen LogP contribution in [0.15, 0.2) is 18.6 Å². The number of rotatable bonds is 7. The van der Waals surface area contributed by atoms with Gasteiger partial charge in [-0.15, -0.1) is 0 Å². The van der Waals surface area contributed by atoms with Crippen molar-refractivity contribution in [1.82, 2.24) is 20.6 Å². The van der Waals surface area contributed by atoms with E-state index in [4.69, 9.17) is 12.2 Å². The maximum atomic E-state index is 11.7. The molecule has 0 aliphatic rings. The van der Waals surface area contributed by atoms with Crippen molar-refractivity contribution >= 4 is 30.2 Å². The van der Waals surface area contributed by atoms with Crippen LogP contribution < -0.4 is 10.6 Å². The van der Waals surface area contributed by atoms with Gasteiger partial charge in [-0.05, 0) is 12.3 Å². The smallest absolute Gasteiger partial charge is 0.426 e. The van der Waals surface area contributed by atoms with Gasteiger partial charge in [0, 0.05) is 12.4 Å². The molecule has 1 amide bonds. The average Bonchev–Trinajstić information content (AvgIpc) is 2.44. The quantitative estimate of drug-likeness (QED) is 0.399. The number of nitrogens with zero attached hydrogens (tertiary/aromatic N) is 2. The number of aromatic nitrogens is 2. The highest BCUT2D eigenvalue weighted by molar-refractivity contribution is 7.80. The third kappa shape index (κ3) is 6.61. The topological polar surface area (TPSA) is 107 Å². The third-order valence-corrected chi connectivity index (χ3v) is 2.90. The summed E-state index contributed by atoms with van der Waals surface area (Å²) in [5, 5.41) is 24.0. The normalized spacial score (nSPS) is 11.9. The van der Waals surface area contributed by atoms with Crippen molar-refractivity contribution < 1.29 is 14.8 Å². The van der Waals surface area contributed by atoms with Crippen molar-refractivity contribution in [2.45, 2.75) is 26.2 Å². The van der Waals surface area contributed by atoms with Crippen LogP contribution in [0.5, 0.6) is 0 Å². The lowest BCUT2D eigenvalue weighted by Crippen LogP contribution is -2.49. The van der Waals surface area contributed by atoms with E-state index in [1.807, 2.05) is 13.8 Å². The van der Waals surface area contributed by atoms with Crippen molar-refractivity contribution in [2.75, 3.05) is 6.54 Å². The fourth-order valence-corrected chi connectivity index (χ4v) is 1.91. The van der Waals surface area contributed by atoms with E-state index >= 15 is 0 Å². The van der Waals surface area contributed by atoms with Crippen LogP contribution in [0.3, 0.4) is 0 Å². The SMILES string of the molecule is CC(C)C[C@H](NC(=S)CNC(=O)c1cnccn1)B(O)O. The summed E-state index contributed by atoms with van der Waals surface area (Å²) in [6.07, 6.45) is 4.80. The molecule has 0 aromatic carbocycles. The van der Waals surface area contributed by atoms with Crippen LogP contribution in [0.25, 0.3) is 0 Å². The standard InChI is InChI=1S/C12H19BN4O3S/c1-8(2)5-10(13(19)20)17-11(21)7-16-12(18)9-6-14-3-4-15-9/h3-4,6,8,10,19-20H,5,7H2,1-2H3,(H,16,18)(H,17,21)/t10-/m0/s1. The fourth-order valence-electron chi connectivity index (χ4n) is 1.69. The largest absolute Gasteiger partial charge is 0.475 e. The average molecular weight is 310 g/mol. The molecule has 0 radical (unpaired) electrons. The van der Waals surface area contributed by atoms with Crippen LogP contribution in [0.2, 0.25) is 0 Å². The molecule has 0 saturated carbocycles. The molecule has 0 aliphatic carbocycles. The van der Waals surface area contributed by atoms with E-state index in [9.17, 15) is 14.8 Å². The number of hydrogen-bond acceptors (Lipinski definition) is 6. The molecule has 7 nitrogen and oxygen atoms in total. The number of nitrogens with one attached hydrogen (secondary N) is 2. The Labute approximate surface area is 129 Å². The van der Waals surface area contributed by atoms with E-state index in [0.717, 1.165) is 0 Å². The molecule has 0 spiro atoms. The summed E-state index contributed by atoms with van der Waals surface area (Å²) in [6, 6.07) is 0. The number of amides is 1. The van der Waals surface area contributed by atoms with Gasteiger partial charge >= 0.3 is 7.12 Å². The van der Waals surface area contributed by atoms with Gasteiger partial charge in [0.05, 0.1) is 23.7 Å². The number of thiocarbonyl (C=S) groups is 1. The molecule has 114 valence electrons. The zero-order chi connectivity index (χ0) is 15.8. The van der Waals surface area contributed by atoms with Crippen LogP contribution in [0, 0.1) is 5.92 Å². The fraction of sp³-hybridized carbons (Fsp3) is 0.500. The first-order valence-corrected chi connectivity index (χ1v) is 7.00. The lowest BCUT2D eigenvalue weighted by atomic mass is 9.75. The van der Waals surface area contributed by atoms with Crippen LogP contribution in [-0.2, 0) is 0 Å². The second-order valence-corrected chi connectivity index (χ2v) is 5.48. The highest BCUT2D eigenvalue weighted by Crippen LogP contribution is 2.05. The monoisotopic (exact) mass is 310 g/mol. The summed E-state index contributed by atoms with van der Waals surface area (Å²) < 4.78 is 0. The van der Waals surface area contributed by atoms with Crippen LogP contribution in [-0.4, -0.2) is 50.5 Å². The Bertz CT molecular complexity index is 473. The number of hydrogen-bond donors (Lipinski definition) is 4. The first kappa shape index (κ1) is 17.5. The first-order valence-electron chi connectivity index (χ1n) is 6.60. The van der Waals surface area contributed by atoms with E-state index in [-0.39, 0.29) is 18.2 Å². The van der Waals surface area contributed by atoms with E-state index in [0.29, 0.717) is 11.4 Å². The summed E-state index contributed by atoms with van der Waals surface area (Å²) in [5.74, 6) is -0.676. The van der Waals surface area contributed by atoms with E-state index < -0.39 is 19.0 Å². The van der Waals surface area contributed by atoms with Gasteiger partial charge in [0.25, 0.3) is 5.91 Å². The Morgan fingerprint density at radius 1 is 1.43 bits per heavy atom. The van der Waals surface area contributed by atoms with Crippen molar-refractivity contribution in [3.05, 3.63) is 24.3 Å². The summed E-state index contributed by atoms with van der Waals surface area (Å²) >= 11 is 5.09. The van der Waals surface area contributed by atoms with E-state index in [1.54, 1.807) is 0 Å². The van der Waals surface area contributed by atoms with Gasteiger partial charge in [-0.2, -0.15) is 0 Å². The molecule has 1 heterocycles. The Hall–Kier alpha value is -1.58. The highest BCUT2D eigenvalue weighted by atomic mass is 32.1. The molecule has 4 N–H and O–H groups in total. The Kier molecular flexibility index (Phi) is 7.20. The molecule has 0 bridgehead atoms. The van der Waals surface area contributed by atoms with Crippen molar-refractivity contribution in [3.63, 3.8) is 0 Å². The minimum atomic E-state index is -1.51. The maximum absolute atomic E-state index is 11.7. The van der Waals surface area contributed by atoms with Gasteiger partial charge < -0.3 is 20.7 Å². The maximum Gasteiger partial charge on any atom is 0.475 e. The second kappa shape index (κ2) is 8.65. The zero-order valence-corrected chi connectivity index (χ0v) is 12.8. The molecule has 0 aliphatic heterocycles. The number of carbonyl (C=O) groups is 1. The van der Waals surface area contributed by atoms with Crippen LogP contribution in [0.1, 0.15) is 30.8 Å². The number of carbonyl (C=O) groups excluding carboxylic acids is 1. The molecule has 0 fully saturated rings. The first-order chi connectivity index (χ1) is 9.90.